The van der Waals surface area contributed by atoms with E-state index in [2.05, 4.69) is 95.3 Å². The molecule has 0 saturated carbocycles. The molecule has 2 aliphatic heterocycles. The summed E-state index contributed by atoms with van der Waals surface area (Å²) in [7, 11) is 0. The molecule has 0 aromatic carbocycles. The van der Waals surface area contributed by atoms with Crippen LogP contribution in [0.25, 0.3) is 45.9 Å². The van der Waals surface area contributed by atoms with Gasteiger partial charge in [0.25, 0.3) is 0 Å². The summed E-state index contributed by atoms with van der Waals surface area (Å²) in [5.74, 6) is 0. The fraction of sp³-hybridized carbons (Fsp3) is 0.444. The zero-order valence-corrected chi connectivity index (χ0v) is 27.3. The SMILES string of the molecule is CCC1=Cc2cc3nc(cc4c(CC)c(CC)c(c(CC)c5[nH]c(c(CC)c1n2)c(CC)c5CC)n4CC)C=C3.[Fe]. The fourth-order valence-electron chi connectivity index (χ4n) is 7.09. The third-order valence-corrected chi connectivity index (χ3v) is 8.86. The van der Waals surface area contributed by atoms with Gasteiger partial charge in [0.1, 0.15) is 0 Å². The largest absolute Gasteiger partial charge is 0.354 e. The minimum absolute atomic E-state index is 0. The van der Waals surface area contributed by atoms with Crippen LogP contribution in [0.5, 0.6) is 0 Å². The first-order valence-corrected chi connectivity index (χ1v) is 15.7. The van der Waals surface area contributed by atoms with E-state index in [-0.39, 0.29) is 17.1 Å². The van der Waals surface area contributed by atoms with Crippen molar-refractivity contribution in [2.75, 3.05) is 0 Å². The molecule has 5 heteroatoms. The molecule has 0 saturated heterocycles. The van der Waals surface area contributed by atoms with E-state index in [1.54, 1.807) is 0 Å². The number of hydrogen-bond acceptors (Lipinski definition) is 2. The molecule has 0 spiro atoms. The van der Waals surface area contributed by atoms with Crippen LogP contribution in [0.2, 0.25) is 0 Å². The van der Waals surface area contributed by atoms with Gasteiger partial charge < -0.3 is 9.55 Å². The van der Waals surface area contributed by atoms with Gasteiger partial charge in [-0.25, -0.2) is 9.97 Å². The van der Waals surface area contributed by atoms with E-state index in [0.29, 0.717) is 0 Å². The molecule has 1 N–H and O–H groups in total. The molecule has 0 fully saturated rings. The van der Waals surface area contributed by atoms with E-state index in [4.69, 9.17) is 9.97 Å². The number of rotatable bonds is 8. The monoisotopic (exact) mass is 590 g/mol. The smallest absolute Gasteiger partial charge is 0.0722 e. The van der Waals surface area contributed by atoms with Crippen LogP contribution in [0, 0.1) is 0 Å². The van der Waals surface area contributed by atoms with Gasteiger partial charge in [-0.05, 0) is 116 Å². The molecule has 0 radical (unpaired) electrons. The molecule has 2 aliphatic rings. The van der Waals surface area contributed by atoms with E-state index < -0.39 is 0 Å². The standard InChI is InChI=1S/C36H46N4.Fe/c1-9-22-19-25-20-23-17-18-24(37-23)21-32-26(10-2)29(13-5)36(40(32)16-8)31(15-7)35-28(12-4)27(11-3)34(39-35)30(14-6)33(22)38-25;/h17-21,39H,9-16H2,1-8H3;. The quantitative estimate of drug-likeness (QED) is 0.208. The van der Waals surface area contributed by atoms with E-state index in [9.17, 15) is 0 Å². The van der Waals surface area contributed by atoms with Crippen LogP contribution in [0.4, 0.5) is 0 Å². The number of nitrogens with one attached hydrogen (secondary N) is 1. The minimum atomic E-state index is 0. The molecule has 3 aromatic heterocycles. The van der Waals surface area contributed by atoms with Crippen molar-refractivity contribution in [2.24, 2.45) is 0 Å². The third kappa shape index (κ3) is 5.17. The van der Waals surface area contributed by atoms with Gasteiger partial charge in [0, 0.05) is 51.2 Å². The number of aromatic amines is 1. The van der Waals surface area contributed by atoms with Crippen LogP contribution in [0.3, 0.4) is 0 Å². The normalized spacial score (nSPS) is 12.5. The summed E-state index contributed by atoms with van der Waals surface area (Å²) in [4.78, 5) is 14.3. The first-order chi connectivity index (χ1) is 19.5. The van der Waals surface area contributed by atoms with E-state index >= 15 is 0 Å². The third-order valence-electron chi connectivity index (χ3n) is 8.86. The Bertz CT molecular complexity index is 1680. The number of aromatic nitrogens is 4. The number of aryl methyl sites for hydroxylation is 7. The van der Waals surface area contributed by atoms with Crippen molar-refractivity contribution >= 4 is 45.9 Å². The van der Waals surface area contributed by atoms with Gasteiger partial charge in [0.15, 0.2) is 0 Å². The summed E-state index contributed by atoms with van der Waals surface area (Å²) in [6.45, 7) is 19.3. The van der Waals surface area contributed by atoms with Crippen molar-refractivity contribution in [3.8, 4) is 0 Å². The zero-order chi connectivity index (χ0) is 28.6. The average molecular weight is 591 g/mol. The van der Waals surface area contributed by atoms with Gasteiger partial charge in [-0.15, -0.1) is 0 Å². The van der Waals surface area contributed by atoms with E-state index in [0.717, 1.165) is 74.3 Å². The Hall–Kier alpha value is -2.88. The molecule has 41 heavy (non-hydrogen) atoms. The van der Waals surface area contributed by atoms with Gasteiger partial charge in [0.05, 0.1) is 22.8 Å². The molecular formula is C36H46FeN4. The van der Waals surface area contributed by atoms with E-state index in [1.807, 2.05) is 0 Å². The summed E-state index contributed by atoms with van der Waals surface area (Å²) < 4.78 is 2.57. The molecule has 0 unspecified atom stereocenters. The van der Waals surface area contributed by atoms with Gasteiger partial charge >= 0.3 is 0 Å². The Morgan fingerprint density at radius 3 is 1.68 bits per heavy atom. The van der Waals surface area contributed by atoms with Crippen molar-refractivity contribution in [1.82, 2.24) is 19.5 Å². The molecular weight excluding hydrogens is 544 g/mol. The van der Waals surface area contributed by atoms with Crippen LogP contribution in [0.1, 0.15) is 118 Å². The maximum absolute atomic E-state index is 5.22. The van der Waals surface area contributed by atoms with Gasteiger partial charge in [0.2, 0.25) is 0 Å². The summed E-state index contributed by atoms with van der Waals surface area (Å²) >= 11 is 0. The van der Waals surface area contributed by atoms with E-state index in [1.165, 1.54) is 61.0 Å². The molecule has 3 aromatic rings. The first kappa shape index (κ1) is 31.1. The first-order valence-electron chi connectivity index (χ1n) is 15.7. The average Bonchev–Trinajstić information content (AvgIpc) is 3.73. The summed E-state index contributed by atoms with van der Waals surface area (Å²) in [6.07, 6.45) is 13.5. The van der Waals surface area contributed by atoms with Crippen LogP contribution in [-0.2, 0) is 62.1 Å². The number of H-pyrrole nitrogens is 1. The van der Waals surface area contributed by atoms with Gasteiger partial charge in [-0.1, -0.05) is 48.5 Å². The Morgan fingerprint density at radius 1 is 0.585 bits per heavy atom. The second-order valence-electron chi connectivity index (χ2n) is 10.8. The second kappa shape index (κ2) is 13.0. The topological polar surface area (TPSA) is 46.5 Å². The number of hydrogen-bond donors (Lipinski definition) is 1. The van der Waals surface area contributed by atoms with Crippen molar-refractivity contribution in [2.45, 2.75) is 107 Å². The molecule has 5 heterocycles. The van der Waals surface area contributed by atoms with Crippen LogP contribution >= 0.6 is 0 Å². The van der Waals surface area contributed by atoms with Crippen LogP contribution in [-0.4, -0.2) is 19.5 Å². The van der Waals surface area contributed by atoms with Crippen molar-refractivity contribution in [3.63, 3.8) is 0 Å². The number of nitrogens with zero attached hydrogens (tertiary/aromatic N) is 3. The summed E-state index contributed by atoms with van der Waals surface area (Å²) in [5, 5.41) is 0. The summed E-state index contributed by atoms with van der Waals surface area (Å²) in [6, 6.07) is 4.45. The Kier molecular flexibility index (Phi) is 9.82. The number of fused-ring (bicyclic) bond motifs is 8. The maximum Gasteiger partial charge on any atom is 0.0722 e. The van der Waals surface area contributed by atoms with Crippen molar-refractivity contribution < 1.29 is 17.1 Å². The molecule has 0 amide bonds. The molecule has 0 atom stereocenters. The van der Waals surface area contributed by atoms with Gasteiger partial charge in [-0.2, -0.15) is 0 Å². The zero-order valence-electron chi connectivity index (χ0n) is 26.2. The predicted octanol–water partition coefficient (Wildman–Crippen LogP) is 9.30. The number of allylic oxidation sites excluding steroid dienone is 1. The fourth-order valence-corrected chi connectivity index (χ4v) is 7.09. The summed E-state index contributed by atoms with van der Waals surface area (Å²) in [5.41, 5.74) is 19.4. The van der Waals surface area contributed by atoms with Crippen LogP contribution in [0.15, 0.2) is 12.1 Å². The molecule has 218 valence electrons. The Morgan fingerprint density at radius 2 is 1.15 bits per heavy atom. The van der Waals surface area contributed by atoms with Gasteiger partial charge in [-0.3, -0.25) is 0 Å². The van der Waals surface area contributed by atoms with Crippen molar-refractivity contribution in [1.29, 1.82) is 0 Å². The molecule has 0 aliphatic carbocycles. The molecule has 4 nitrogen and oxygen atoms in total. The van der Waals surface area contributed by atoms with Crippen molar-refractivity contribution in [3.05, 3.63) is 68.3 Å². The Balaban J connectivity index is 0.00000387. The molecule has 8 bridgehead atoms. The minimum Gasteiger partial charge on any atom is -0.354 e. The second-order valence-corrected chi connectivity index (χ2v) is 10.8. The predicted molar refractivity (Wildman–Crippen MR) is 174 cm³/mol. The van der Waals surface area contributed by atoms with Crippen LogP contribution < -0.4 is 0 Å². The Labute approximate surface area is 256 Å². The maximum atomic E-state index is 5.22. The molecule has 5 rings (SSSR count).